The van der Waals surface area contributed by atoms with Crippen molar-refractivity contribution < 1.29 is 19.7 Å². The van der Waals surface area contributed by atoms with Crippen LogP contribution in [-0.2, 0) is 16.6 Å². The molecule has 2 heterocycles. The highest BCUT2D eigenvalue weighted by atomic mass is 16.5. The fourth-order valence-corrected chi connectivity index (χ4v) is 7.27. The minimum Gasteiger partial charge on any atom is -0.504 e. The fraction of sp³-hybridized carbons (Fsp3) is 0.750. The molecule has 2 N–H and O–H groups in total. The van der Waals surface area contributed by atoms with Crippen molar-refractivity contribution in [3.05, 3.63) is 23.3 Å². The molecule has 7 rings (SSSR count). The first kappa shape index (κ1) is 17.4. The summed E-state index contributed by atoms with van der Waals surface area (Å²) in [7, 11) is 0. The second-order valence-corrected chi connectivity index (χ2v) is 10.6. The van der Waals surface area contributed by atoms with Gasteiger partial charge in [0.1, 0.15) is 6.10 Å². The van der Waals surface area contributed by atoms with Crippen molar-refractivity contribution in [1.29, 1.82) is 0 Å². The molecule has 1 unspecified atom stereocenters. The molecule has 0 amide bonds. The Hall–Kier alpha value is -1.30. The van der Waals surface area contributed by atoms with Gasteiger partial charge in [0.15, 0.2) is 11.5 Å². The number of aromatic hydroxyl groups is 1. The Balaban J connectivity index is 1.42. The molecule has 2 aliphatic heterocycles. The average molecular weight is 398 g/mol. The van der Waals surface area contributed by atoms with Crippen LogP contribution in [0, 0.1) is 11.8 Å². The molecule has 4 aliphatic carbocycles. The van der Waals surface area contributed by atoms with Crippen LogP contribution in [0.2, 0.25) is 0 Å². The molecule has 4 fully saturated rings. The molecule has 1 spiro atoms. The molecule has 1 aromatic carbocycles. The Labute approximate surface area is 172 Å². The number of aliphatic hydroxyl groups excluding tert-OH is 1. The van der Waals surface area contributed by atoms with Crippen LogP contribution in [0.4, 0.5) is 0 Å². The SMILES string of the molecule is Oc1ccc2c3c1O[C@H]1C(O)CC[C@@]4(OCC5CC5)[C@@H](C2)N(CC2CC2)CC[C@]314. The lowest BCUT2D eigenvalue weighted by atomic mass is 9.48. The Bertz CT molecular complexity index is 865. The van der Waals surface area contributed by atoms with Crippen molar-refractivity contribution >= 4 is 0 Å². The number of nitrogens with zero attached hydrogens (tertiary/aromatic N) is 1. The van der Waals surface area contributed by atoms with E-state index in [-0.39, 0.29) is 22.9 Å². The van der Waals surface area contributed by atoms with Gasteiger partial charge in [0, 0.05) is 18.2 Å². The molecule has 0 radical (unpaired) electrons. The van der Waals surface area contributed by atoms with E-state index in [1.807, 2.05) is 0 Å². The fourth-order valence-electron chi connectivity index (χ4n) is 7.27. The molecule has 1 saturated heterocycles. The third-order valence-electron chi connectivity index (χ3n) is 8.96. The van der Waals surface area contributed by atoms with Crippen molar-refractivity contribution in [1.82, 2.24) is 4.90 Å². The summed E-state index contributed by atoms with van der Waals surface area (Å²) < 4.78 is 13.4. The summed E-state index contributed by atoms with van der Waals surface area (Å²) in [5.41, 5.74) is 1.83. The van der Waals surface area contributed by atoms with E-state index in [9.17, 15) is 10.2 Å². The predicted octanol–water partition coefficient (Wildman–Crippen LogP) is 2.75. The lowest BCUT2D eigenvalue weighted by molar-refractivity contribution is -0.234. The van der Waals surface area contributed by atoms with Crippen molar-refractivity contribution in [2.24, 2.45) is 11.8 Å². The van der Waals surface area contributed by atoms with Crippen molar-refractivity contribution in [3.63, 3.8) is 0 Å². The maximum Gasteiger partial charge on any atom is 0.165 e. The maximum atomic E-state index is 11.0. The van der Waals surface area contributed by atoms with Gasteiger partial charge in [0.05, 0.1) is 23.7 Å². The largest absolute Gasteiger partial charge is 0.504 e. The van der Waals surface area contributed by atoms with E-state index >= 15 is 0 Å². The molecule has 1 aromatic rings. The van der Waals surface area contributed by atoms with Gasteiger partial charge in [-0.15, -0.1) is 0 Å². The van der Waals surface area contributed by atoms with Gasteiger partial charge in [-0.3, -0.25) is 4.90 Å². The van der Waals surface area contributed by atoms with Crippen molar-refractivity contribution in [2.75, 3.05) is 19.7 Å². The molecule has 156 valence electrons. The molecule has 0 aromatic heterocycles. The van der Waals surface area contributed by atoms with E-state index in [1.54, 1.807) is 6.07 Å². The molecular weight excluding hydrogens is 366 g/mol. The van der Waals surface area contributed by atoms with E-state index in [4.69, 9.17) is 9.47 Å². The summed E-state index contributed by atoms with van der Waals surface area (Å²) in [4.78, 5) is 2.72. The van der Waals surface area contributed by atoms with Gasteiger partial charge >= 0.3 is 0 Å². The summed E-state index contributed by atoms with van der Waals surface area (Å²) in [6, 6.07) is 4.23. The Morgan fingerprint density at radius 1 is 1.10 bits per heavy atom. The summed E-state index contributed by atoms with van der Waals surface area (Å²) in [5.74, 6) is 2.40. The van der Waals surface area contributed by atoms with Gasteiger partial charge in [-0.25, -0.2) is 0 Å². The number of phenolic OH excluding ortho intramolecular Hbond substituents is 1. The molecular formula is C24H31NO4. The molecule has 3 saturated carbocycles. The minimum absolute atomic E-state index is 0.217. The highest BCUT2D eigenvalue weighted by Crippen LogP contribution is 2.67. The quantitative estimate of drug-likeness (QED) is 0.800. The second-order valence-electron chi connectivity index (χ2n) is 10.6. The van der Waals surface area contributed by atoms with Crippen LogP contribution in [0.1, 0.15) is 56.1 Å². The minimum atomic E-state index is -0.499. The van der Waals surface area contributed by atoms with Gasteiger partial charge in [-0.2, -0.15) is 0 Å². The van der Waals surface area contributed by atoms with Crippen LogP contribution < -0.4 is 4.74 Å². The average Bonchev–Trinajstić information content (AvgIpc) is 3.63. The second kappa shape index (κ2) is 5.68. The van der Waals surface area contributed by atoms with Crippen molar-refractivity contribution in [3.8, 4) is 11.5 Å². The zero-order valence-electron chi connectivity index (χ0n) is 17.0. The predicted molar refractivity (Wildman–Crippen MR) is 107 cm³/mol. The molecule has 5 atom stereocenters. The Morgan fingerprint density at radius 2 is 1.93 bits per heavy atom. The highest BCUT2D eigenvalue weighted by Gasteiger charge is 2.74. The number of rotatable bonds is 5. The van der Waals surface area contributed by atoms with E-state index < -0.39 is 6.10 Å². The van der Waals surface area contributed by atoms with Crippen LogP contribution >= 0.6 is 0 Å². The van der Waals surface area contributed by atoms with E-state index in [0.717, 1.165) is 44.8 Å². The highest BCUT2D eigenvalue weighted by molar-refractivity contribution is 5.62. The van der Waals surface area contributed by atoms with Crippen LogP contribution in [0.3, 0.4) is 0 Å². The van der Waals surface area contributed by atoms with Gasteiger partial charge in [-0.05, 0) is 81.4 Å². The van der Waals surface area contributed by atoms with Gasteiger partial charge < -0.3 is 19.7 Å². The molecule has 5 nitrogen and oxygen atoms in total. The Morgan fingerprint density at radius 3 is 2.72 bits per heavy atom. The van der Waals surface area contributed by atoms with Crippen LogP contribution in [0.5, 0.6) is 11.5 Å². The monoisotopic (exact) mass is 397 g/mol. The van der Waals surface area contributed by atoms with E-state index in [0.29, 0.717) is 17.7 Å². The first-order valence-electron chi connectivity index (χ1n) is 11.7. The van der Waals surface area contributed by atoms with Crippen LogP contribution in [-0.4, -0.2) is 58.7 Å². The van der Waals surface area contributed by atoms with Crippen molar-refractivity contribution in [2.45, 2.75) is 80.6 Å². The normalized spacial score (nSPS) is 42.4. The maximum absolute atomic E-state index is 11.0. The standard InChI is InChI=1S/C24H31NO4/c26-17-6-5-16-11-19-24(28-13-15-3-4-15)8-7-18(27)22-23(24,20(16)21(17)29-22)9-10-25(19)12-14-1-2-14/h5-6,14-15,18-19,22,26-27H,1-4,7-13H2/t18?,19-,22+,23+,24-/m1/s1. The van der Waals surface area contributed by atoms with E-state index in [1.165, 1.54) is 43.4 Å². The third kappa shape index (κ3) is 2.17. The summed E-state index contributed by atoms with van der Waals surface area (Å²) >= 11 is 0. The lowest BCUT2D eigenvalue weighted by Crippen LogP contribution is -2.78. The lowest BCUT2D eigenvalue weighted by Gasteiger charge is -2.65. The summed E-state index contributed by atoms with van der Waals surface area (Å²) in [6.45, 7) is 3.06. The van der Waals surface area contributed by atoms with Gasteiger partial charge in [-0.1, -0.05) is 6.07 Å². The van der Waals surface area contributed by atoms with Crippen LogP contribution in [0.25, 0.3) is 0 Å². The molecule has 5 heteroatoms. The smallest absolute Gasteiger partial charge is 0.165 e. The number of likely N-dealkylation sites (tertiary alicyclic amines) is 1. The van der Waals surface area contributed by atoms with E-state index in [2.05, 4.69) is 11.0 Å². The van der Waals surface area contributed by atoms with Gasteiger partial charge in [0.2, 0.25) is 0 Å². The Kier molecular flexibility index (Phi) is 3.41. The van der Waals surface area contributed by atoms with Gasteiger partial charge in [0.25, 0.3) is 0 Å². The molecule has 29 heavy (non-hydrogen) atoms. The molecule has 6 aliphatic rings. The number of piperidine rings is 1. The zero-order chi connectivity index (χ0) is 19.4. The zero-order valence-corrected chi connectivity index (χ0v) is 17.0. The number of benzene rings is 1. The topological polar surface area (TPSA) is 62.2 Å². The number of phenols is 1. The molecule has 2 bridgehead atoms. The number of aliphatic hydroxyl groups is 1. The van der Waals surface area contributed by atoms with Crippen LogP contribution in [0.15, 0.2) is 12.1 Å². The summed E-state index contributed by atoms with van der Waals surface area (Å²) in [6.07, 6.45) is 8.02. The number of ether oxygens (including phenoxy) is 2. The first-order valence-corrected chi connectivity index (χ1v) is 11.7. The third-order valence-corrected chi connectivity index (χ3v) is 8.96. The summed E-state index contributed by atoms with van der Waals surface area (Å²) in [5, 5.41) is 21.7. The number of hydrogen-bond acceptors (Lipinski definition) is 5. The number of hydrogen-bond donors (Lipinski definition) is 2. The first-order chi connectivity index (χ1) is 14.1.